The smallest absolute Gasteiger partial charge is 0.295 e. The van der Waals surface area contributed by atoms with Gasteiger partial charge >= 0.3 is 0 Å². The number of carbonyl (C=O) groups excluding carboxylic acids is 2. The van der Waals surface area contributed by atoms with E-state index in [1.165, 1.54) is 4.90 Å². The average molecular weight is 525 g/mol. The molecule has 1 unspecified atom stereocenters. The summed E-state index contributed by atoms with van der Waals surface area (Å²) in [4.78, 5) is 30.9. The van der Waals surface area contributed by atoms with Crippen LogP contribution in [0.5, 0.6) is 5.75 Å². The Bertz CT molecular complexity index is 1500. The lowest BCUT2D eigenvalue weighted by Gasteiger charge is -2.28. The molecule has 0 saturated carbocycles. The van der Waals surface area contributed by atoms with E-state index in [1.54, 1.807) is 61.8 Å². The Morgan fingerprint density at radius 3 is 2.39 bits per heavy atom. The van der Waals surface area contributed by atoms with Crippen molar-refractivity contribution >= 4 is 29.1 Å². The van der Waals surface area contributed by atoms with Crippen LogP contribution in [-0.2, 0) is 22.7 Å². The second-order valence-corrected chi connectivity index (χ2v) is 9.56. The third-order valence-corrected chi connectivity index (χ3v) is 6.78. The highest BCUT2D eigenvalue weighted by atomic mass is 35.5. The summed E-state index contributed by atoms with van der Waals surface area (Å²) >= 11 is 6.10. The van der Waals surface area contributed by atoms with Crippen molar-refractivity contribution in [2.24, 2.45) is 0 Å². The molecule has 1 fully saturated rings. The van der Waals surface area contributed by atoms with Crippen LogP contribution in [0.4, 0.5) is 0 Å². The average Bonchev–Trinajstić information content (AvgIpc) is 3.18. The van der Waals surface area contributed by atoms with E-state index in [4.69, 9.17) is 16.3 Å². The summed E-state index contributed by atoms with van der Waals surface area (Å²) in [5.41, 5.74) is 3.40. The number of nitrogens with zero attached hydrogens (tertiary/aromatic N) is 1. The van der Waals surface area contributed by atoms with Gasteiger partial charge in [-0.15, -0.1) is 0 Å². The number of ether oxygens (including phenoxy) is 1. The highest BCUT2D eigenvalue weighted by molar-refractivity contribution is 6.46. The number of aromatic nitrogens is 1. The Morgan fingerprint density at radius 1 is 0.974 bits per heavy atom. The second kappa shape index (κ2) is 10.9. The van der Waals surface area contributed by atoms with Crippen LogP contribution in [0.25, 0.3) is 5.76 Å². The number of carbonyl (C=O) groups is 2. The molecule has 2 heterocycles. The molecule has 1 amide bonds. The van der Waals surface area contributed by atoms with Crippen LogP contribution in [0.2, 0.25) is 5.02 Å². The fraction of sp³-hybridized carbons (Fsp3) is 0.129. The number of hydrogen-bond donors (Lipinski definition) is 0. The fourth-order valence-electron chi connectivity index (χ4n) is 4.62. The van der Waals surface area contributed by atoms with Crippen LogP contribution in [0.15, 0.2) is 103 Å². The molecule has 0 radical (unpaired) electrons. The maximum absolute atomic E-state index is 13.9. The van der Waals surface area contributed by atoms with Gasteiger partial charge in [0.15, 0.2) is 12.4 Å². The Hall–Kier alpha value is -4.42. The zero-order chi connectivity index (χ0) is 26.6. The van der Waals surface area contributed by atoms with Crippen LogP contribution < -0.4 is 14.8 Å². The van der Waals surface area contributed by atoms with E-state index in [0.717, 1.165) is 11.1 Å². The maximum Gasteiger partial charge on any atom is 0.295 e. The molecule has 38 heavy (non-hydrogen) atoms. The monoisotopic (exact) mass is 524 g/mol. The SMILES string of the molecule is Cc1cc(OCc2ccccc2)ccc1C([O-])=C1C(=O)C(=O)N(Cc2ccc[nH+]c2)C1c1ccc(Cl)cc1. The number of benzene rings is 3. The van der Waals surface area contributed by atoms with E-state index in [-0.39, 0.29) is 12.1 Å². The minimum atomic E-state index is -0.839. The molecule has 1 aliphatic heterocycles. The number of ketones is 1. The first kappa shape index (κ1) is 25.2. The normalized spacial score (nSPS) is 16.6. The van der Waals surface area contributed by atoms with E-state index < -0.39 is 23.5 Å². The standard InChI is InChI=1S/C31H25ClN2O4/c1-20-16-25(38-19-21-6-3-2-4-7-21)13-14-26(20)29(35)27-28(23-9-11-24(32)12-10-23)34(31(37)30(27)36)18-22-8-5-15-33-17-22/h2-17,28,35H,18-19H2,1H3. The van der Waals surface area contributed by atoms with Gasteiger partial charge < -0.3 is 14.7 Å². The highest BCUT2D eigenvalue weighted by Crippen LogP contribution is 2.40. The molecule has 190 valence electrons. The van der Waals surface area contributed by atoms with Gasteiger partial charge in [-0.05, 0) is 59.5 Å². The van der Waals surface area contributed by atoms with Crippen LogP contribution >= 0.6 is 11.6 Å². The molecule has 1 saturated heterocycles. The molecule has 1 atom stereocenters. The van der Waals surface area contributed by atoms with Crippen molar-refractivity contribution in [3.8, 4) is 5.75 Å². The lowest BCUT2D eigenvalue weighted by molar-refractivity contribution is -0.378. The number of rotatable bonds is 7. The third-order valence-electron chi connectivity index (χ3n) is 6.53. The lowest BCUT2D eigenvalue weighted by Crippen LogP contribution is -2.29. The van der Waals surface area contributed by atoms with E-state index in [9.17, 15) is 14.7 Å². The van der Waals surface area contributed by atoms with E-state index >= 15 is 0 Å². The molecule has 4 aromatic rings. The van der Waals surface area contributed by atoms with Gasteiger partial charge in [0.05, 0.1) is 12.6 Å². The predicted octanol–water partition coefficient (Wildman–Crippen LogP) is 4.47. The number of hydrogen-bond acceptors (Lipinski definition) is 4. The number of halogens is 1. The maximum atomic E-state index is 13.9. The van der Waals surface area contributed by atoms with Gasteiger partial charge in [0.1, 0.15) is 12.4 Å². The molecule has 5 rings (SSSR count). The molecule has 1 aromatic heterocycles. The number of aryl methyl sites for hydroxylation is 1. The molecule has 6 nitrogen and oxygen atoms in total. The van der Waals surface area contributed by atoms with Gasteiger partial charge in [-0.1, -0.05) is 65.9 Å². The molecule has 7 heteroatoms. The van der Waals surface area contributed by atoms with Crippen LogP contribution in [0.1, 0.15) is 33.9 Å². The van der Waals surface area contributed by atoms with Gasteiger partial charge in [0.2, 0.25) is 5.78 Å². The van der Waals surface area contributed by atoms with Crippen molar-refractivity contribution in [2.45, 2.75) is 26.1 Å². The van der Waals surface area contributed by atoms with Crippen molar-refractivity contribution in [3.05, 3.63) is 136 Å². The minimum Gasteiger partial charge on any atom is -0.872 e. The number of amides is 1. The highest BCUT2D eigenvalue weighted by Gasteiger charge is 2.44. The van der Waals surface area contributed by atoms with E-state index in [0.29, 0.717) is 34.1 Å². The van der Waals surface area contributed by atoms with Gasteiger partial charge in [-0.2, -0.15) is 0 Å². The number of pyridine rings is 1. The third kappa shape index (κ3) is 5.17. The van der Waals surface area contributed by atoms with Crippen molar-refractivity contribution in [1.29, 1.82) is 0 Å². The van der Waals surface area contributed by atoms with Crippen LogP contribution in [-0.4, -0.2) is 16.6 Å². The largest absolute Gasteiger partial charge is 0.872 e. The first-order chi connectivity index (χ1) is 18.4. The lowest BCUT2D eigenvalue weighted by atomic mass is 9.94. The molecule has 1 aliphatic rings. The summed E-state index contributed by atoms with van der Waals surface area (Å²) in [7, 11) is 0. The molecule has 0 spiro atoms. The predicted molar refractivity (Wildman–Crippen MR) is 142 cm³/mol. The topological polar surface area (TPSA) is 83.8 Å². The first-order valence-corrected chi connectivity index (χ1v) is 12.5. The molecular formula is C31H25ClN2O4. The summed E-state index contributed by atoms with van der Waals surface area (Å²) in [6.45, 7) is 2.35. The summed E-state index contributed by atoms with van der Waals surface area (Å²) in [6, 6.07) is 24.6. The van der Waals surface area contributed by atoms with Gasteiger partial charge in [0.25, 0.3) is 5.91 Å². The number of nitrogens with one attached hydrogen (secondary N) is 1. The molecule has 0 bridgehead atoms. The zero-order valence-corrected chi connectivity index (χ0v) is 21.4. The molecular weight excluding hydrogens is 500 g/mol. The van der Waals surface area contributed by atoms with Crippen molar-refractivity contribution in [3.63, 3.8) is 0 Å². The summed E-state index contributed by atoms with van der Waals surface area (Å²) < 4.78 is 5.89. The first-order valence-electron chi connectivity index (χ1n) is 12.2. The molecule has 3 aromatic carbocycles. The number of likely N-dealkylation sites (tertiary alicyclic amines) is 1. The quantitative estimate of drug-likeness (QED) is 0.203. The zero-order valence-electron chi connectivity index (χ0n) is 20.7. The second-order valence-electron chi connectivity index (χ2n) is 9.12. The van der Waals surface area contributed by atoms with Crippen molar-refractivity contribution in [2.75, 3.05) is 0 Å². The minimum absolute atomic E-state index is 0.0710. The van der Waals surface area contributed by atoms with Crippen LogP contribution in [0, 0.1) is 6.92 Å². The number of Topliss-reactive ketones (excluding diaryl/α,β-unsaturated/α-hetero) is 1. The molecule has 1 N–H and O–H groups in total. The Kier molecular flexibility index (Phi) is 7.24. The Balaban J connectivity index is 1.52. The number of aromatic amines is 1. The van der Waals surface area contributed by atoms with Crippen molar-refractivity contribution in [1.82, 2.24) is 4.90 Å². The summed E-state index contributed by atoms with van der Waals surface area (Å²) in [6.07, 6.45) is 3.52. The number of H-pyrrole nitrogens is 1. The van der Waals surface area contributed by atoms with E-state index in [1.807, 2.05) is 42.5 Å². The molecule has 0 aliphatic carbocycles. The fourth-order valence-corrected chi connectivity index (χ4v) is 4.74. The van der Waals surface area contributed by atoms with Gasteiger partial charge in [-0.3, -0.25) is 9.59 Å². The summed E-state index contributed by atoms with van der Waals surface area (Å²) in [5, 5.41) is 14.4. The van der Waals surface area contributed by atoms with Gasteiger partial charge in [0, 0.05) is 22.2 Å². The van der Waals surface area contributed by atoms with Crippen LogP contribution in [0.3, 0.4) is 0 Å². The Labute approximate surface area is 225 Å². The van der Waals surface area contributed by atoms with Gasteiger partial charge in [-0.25, -0.2) is 4.98 Å². The van der Waals surface area contributed by atoms with E-state index in [2.05, 4.69) is 4.98 Å². The van der Waals surface area contributed by atoms with Crippen molar-refractivity contribution < 1.29 is 24.4 Å². The Morgan fingerprint density at radius 2 is 1.71 bits per heavy atom. The summed E-state index contributed by atoms with van der Waals surface area (Å²) in [5.74, 6) is -1.37.